The molecule has 102 valence electrons. The van der Waals surface area contributed by atoms with Gasteiger partial charge in [-0.3, -0.25) is 4.79 Å². The summed E-state index contributed by atoms with van der Waals surface area (Å²) < 4.78 is 5.05. The first-order valence-electron chi connectivity index (χ1n) is 6.20. The normalized spacial score (nSPS) is 20.8. The molecule has 0 aromatic rings. The highest BCUT2D eigenvalue weighted by Crippen LogP contribution is 2.13. The largest absolute Gasteiger partial charge is 0.384 e. The Morgan fingerprint density at radius 2 is 2.29 bits per heavy atom. The van der Waals surface area contributed by atoms with Crippen LogP contribution in [0.15, 0.2) is 0 Å². The van der Waals surface area contributed by atoms with Crippen molar-refractivity contribution < 1.29 is 9.53 Å². The molecular formula is C12H25ClN2O2. The minimum absolute atomic E-state index is 0. The molecule has 0 radical (unpaired) electrons. The number of carbonyl (C=O) groups is 1. The first kappa shape index (κ1) is 16.7. The van der Waals surface area contributed by atoms with Gasteiger partial charge in [0.05, 0.1) is 12.5 Å². The zero-order valence-electron chi connectivity index (χ0n) is 11.1. The lowest BCUT2D eigenvalue weighted by atomic mass is 10.1. The molecule has 1 fully saturated rings. The maximum absolute atomic E-state index is 12.2. The second-order valence-electron chi connectivity index (χ2n) is 4.53. The van der Waals surface area contributed by atoms with E-state index in [1.807, 2.05) is 11.8 Å². The standard InChI is InChI=1S/C12H24N2O2.ClH/c1-4-7-14(11-5-6-13-8-11)12(15)10(2)9-16-3;/h10-11,13H,4-9H2,1-3H3;1H. The van der Waals surface area contributed by atoms with Crippen LogP contribution in [0.5, 0.6) is 0 Å². The number of amides is 1. The average molecular weight is 265 g/mol. The summed E-state index contributed by atoms with van der Waals surface area (Å²) in [5, 5.41) is 3.31. The van der Waals surface area contributed by atoms with Crippen LogP contribution < -0.4 is 5.32 Å². The van der Waals surface area contributed by atoms with Crippen molar-refractivity contribution in [2.45, 2.75) is 32.7 Å². The van der Waals surface area contributed by atoms with Gasteiger partial charge >= 0.3 is 0 Å². The second kappa shape index (κ2) is 8.72. The Hall–Kier alpha value is -0.320. The van der Waals surface area contributed by atoms with E-state index < -0.39 is 0 Å². The lowest BCUT2D eigenvalue weighted by Crippen LogP contribution is -2.45. The SMILES string of the molecule is CCCN(C(=O)C(C)COC)C1CCNC1.Cl. The molecule has 1 rings (SSSR count). The summed E-state index contributed by atoms with van der Waals surface area (Å²) in [5.41, 5.74) is 0. The Balaban J connectivity index is 0.00000256. The molecule has 0 spiro atoms. The van der Waals surface area contributed by atoms with Crippen LogP contribution in [-0.4, -0.2) is 50.2 Å². The van der Waals surface area contributed by atoms with Gasteiger partial charge in [-0.05, 0) is 19.4 Å². The first-order chi connectivity index (χ1) is 7.70. The number of hydrogen-bond acceptors (Lipinski definition) is 3. The molecule has 1 amide bonds. The zero-order chi connectivity index (χ0) is 12.0. The fourth-order valence-electron chi connectivity index (χ4n) is 2.22. The van der Waals surface area contributed by atoms with Gasteiger partial charge in [0.15, 0.2) is 0 Å². The fraction of sp³-hybridized carbons (Fsp3) is 0.917. The highest BCUT2D eigenvalue weighted by Gasteiger charge is 2.28. The Bertz CT molecular complexity index is 221. The van der Waals surface area contributed by atoms with Crippen LogP contribution in [0, 0.1) is 5.92 Å². The highest BCUT2D eigenvalue weighted by molar-refractivity contribution is 5.85. The van der Waals surface area contributed by atoms with Crippen molar-refractivity contribution in [3.8, 4) is 0 Å². The molecule has 1 aliphatic heterocycles. The third-order valence-corrected chi connectivity index (χ3v) is 3.06. The van der Waals surface area contributed by atoms with Crippen molar-refractivity contribution in [2.75, 3.05) is 33.4 Å². The summed E-state index contributed by atoms with van der Waals surface area (Å²) in [5.74, 6) is 0.203. The number of nitrogens with one attached hydrogen (secondary N) is 1. The molecule has 0 aromatic heterocycles. The first-order valence-corrected chi connectivity index (χ1v) is 6.20. The van der Waals surface area contributed by atoms with Crippen LogP contribution in [0.1, 0.15) is 26.7 Å². The maximum Gasteiger partial charge on any atom is 0.228 e. The number of halogens is 1. The number of hydrogen-bond donors (Lipinski definition) is 1. The molecule has 0 aromatic carbocycles. The molecule has 2 unspecified atom stereocenters. The number of nitrogens with zero attached hydrogens (tertiary/aromatic N) is 1. The summed E-state index contributed by atoms with van der Waals surface area (Å²) in [6, 6.07) is 0.381. The van der Waals surface area contributed by atoms with Gasteiger partial charge in [-0.15, -0.1) is 12.4 Å². The van der Waals surface area contributed by atoms with E-state index in [0.717, 1.165) is 32.5 Å². The van der Waals surface area contributed by atoms with Crippen LogP contribution in [-0.2, 0) is 9.53 Å². The number of ether oxygens (including phenoxy) is 1. The molecule has 2 atom stereocenters. The van der Waals surface area contributed by atoms with Gasteiger partial charge in [-0.25, -0.2) is 0 Å². The number of rotatable bonds is 6. The molecule has 4 nitrogen and oxygen atoms in total. The van der Waals surface area contributed by atoms with E-state index >= 15 is 0 Å². The monoisotopic (exact) mass is 264 g/mol. The smallest absolute Gasteiger partial charge is 0.228 e. The van der Waals surface area contributed by atoms with Gasteiger partial charge in [0, 0.05) is 26.2 Å². The molecule has 0 aliphatic carbocycles. The van der Waals surface area contributed by atoms with Crippen molar-refractivity contribution in [1.29, 1.82) is 0 Å². The van der Waals surface area contributed by atoms with E-state index in [9.17, 15) is 4.79 Å². The molecule has 1 heterocycles. The molecule has 17 heavy (non-hydrogen) atoms. The summed E-state index contributed by atoms with van der Waals surface area (Å²) in [4.78, 5) is 14.3. The van der Waals surface area contributed by atoms with Gasteiger partial charge in [0.25, 0.3) is 0 Å². The van der Waals surface area contributed by atoms with Crippen molar-refractivity contribution in [3.05, 3.63) is 0 Å². The minimum Gasteiger partial charge on any atom is -0.384 e. The van der Waals surface area contributed by atoms with Gasteiger partial charge < -0.3 is 15.0 Å². The quantitative estimate of drug-likeness (QED) is 0.786. The Morgan fingerprint density at radius 1 is 1.59 bits per heavy atom. The number of carbonyl (C=O) groups excluding carboxylic acids is 1. The lowest BCUT2D eigenvalue weighted by molar-refractivity contribution is -0.138. The summed E-state index contributed by atoms with van der Waals surface area (Å²) in [6.07, 6.45) is 2.09. The van der Waals surface area contributed by atoms with Crippen molar-refractivity contribution >= 4 is 18.3 Å². The summed E-state index contributed by atoms with van der Waals surface area (Å²) >= 11 is 0. The van der Waals surface area contributed by atoms with E-state index in [2.05, 4.69) is 12.2 Å². The van der Waals surface area contributed by atoms with Crippen molar-refractivity contribution in [3.63, 3.8) is 0 Å². The van der Waals surface area contributed by atoms with Crippen LogP contribution in [0.2, 0.25) is 0 Å². The highest BCUT2D eigenvalue weighted by atomic mass is 35.5. The third kappa shape index (κ3) is 4.82. The van der Waals surface area contributed by atoms with E-state index in [1.54, 1.807) is 7.11 Å². The fourth-order valence-corrected chi connectivity index (χ4v) is 2.22. The Kier molecular flexibility index (Phi) is 8.56. The topological polar surface area (TPSA) is 41.6 Å². The van der Waals surface area contributed by atoms with Gasteiger partial charge in [0.2, 0.25) is 5.91 Å². The van der Waals surface area contributed by atoms with Crippen LogP contribution >= 0.6 is 12.4 Å². The van der Waals surface area contributed by atoms with Crippen LogP contribution in [0.3, 0.4) is 0 Å². The van der Waals surface area contributed by atoms with Gasteiger partial charge in [-0.1, -0.05) is 13.8 Å². The van der Waals surface area contributed by atoms with E-state index in [-0.39, 0.29) is 24.2 Å². The predicted octanol–water partition coefficient (Wildman–Crippen LogP) is 1.29. The summed E-state index contributed by atoms with van der Waals surface area (Å²) in [7, 11) is 1.64. The summed E-state index contributed by atoms with van der Waals surface area (Å²) in [6.45, 7) is 7.39. The van der Waals surface area contributed by atoms with Crippen molar-refractivity contribution in [2.24, 2.45) is 5.92 Å². The van der Waals surface area contributed by atoms with Crippen molar-refractivity contribution in [1.82, 2.24) is 10.2 Å². The Morgan fingerprint density at radius 3 is 2.76 bits per heavy atom. The Labute approximate surface area is 110 Å². The second-order valence-corrected chi connectivity index (χ2v) is 4.53. The van der Waals surface area contributed by atoms with Gasteiger partial charge in [-0.2, -0.15) is 0 Å². The molecule has 5 heteroatoms. The third-order valence-electron chi connectivity index (χ3n) is 3.06. The van der Waals surface area contributed by atoms with E-state index in [1.165, 1.54) is 0 Å². The molecule has 0 saturated carbocycles. The van der Waals surface area contributed by atoms with E-state index in [0.29, 0.717) is 12.6 Å². The van der Waals surface area contributed by atoms with E-state index in [4.69, 9.17) is 4.74 Å². The van der Waals surface area contributed by atoms with Crippen LogP contribution in [0.25, 0.3) is 0 Å². The molecular weight excluding hydrogens is 240 g/mol. The maximum atomic E-state index is 12.2. The predicted molar refractivity (Wildman–Crippen MR) is 71.6 cm³/mol. The van der Waals surface area contributed by atoms with Crippen LogP contribution in [0.4, 0.5) is 0 Å². The molecule has 1 N–H and O–H groups in total. The van der Waals surface area contributed by atoms with Gasteiger partial charge in [0.1, 0.15) is 0 Å². The minimum atomic E-state index is -0.0304. The molecule has 1 aliphatic rings. The number of methoxy groups -OCH3 is 1. The lowest BCUT2D eigenvalue weighted by Gasteiger charge is -2.30. The average Bonchev–Trinajstić information content (AvgIpc) is 2.78. The molecule has 0 bridgehead atoms. The molecule has 1 saturated heterocycles. The zero-order valence-corrected chi connectivity index (χ0v) is 11.9.